The maximum absolute atomic E-state index is 13.1. The zero-order valence-corrected chi connectivity index (χ0v) is 16.3. The Morgan fingerprint density at radius 1 is 1.10 bits per heavy atom. The lowest BCUT2D eigenvalue weighted by atomic mass is 10.1. The first-order valence-corrected chi connectivity index (χ1v) is 9.60. The van der Waals surface area contributed by atoms with Crippen LogP contribution in [0.15, 0.2) is 53.3 Å². The van der Waals surface area contributed by atoms with Gasteiger partial charge < -0.3 is 14.2 Å². The van der Waals surface area contributed by atoms with Crippen molar-refractivity contribution in [2.45, 2.75) is 20.1 Å². The molecule has 0 spiro atoms. The number of pyridine rings is 1. The van der Waals surface area contributed by atoms with E-state index < -0.39 is 0 Å². The van der Waals surface area contributed by atoms with Crippen LogP contribution in [0, 0.1) is 6.92 Å². The fourth-order valence-electron chi connectivity index (χ4n) is 3.34. The van der Waals surface area contributed by atoms with Gasteiger partial charge in [-0.25, -0.2) is 0 Å². The third-order valence-electron chi connectivity index (χ3n) is 4.86. The molecule has 8 nitrogen and oxygen atoms in total. The number of rotatable bonds is 6. The maximum atomic E-state index is 13.1. The minimum Gasteiger partial charge on any atom is -0.485 e. The van der Waals surface area contributed by atoms with E-state index in [0.29, 0.717) is 36.1 Å². The van der Waals surface area contributed by atoms with Crippen molar-refractivity contribution in [1.29, 1.82) is 0 Å². The van der Waals surface area contributed by atoms with Gasteiger partial charge in [-0.1, -0.05) is 17.3 Å². The van der Waals surface area contributed by atoms with Crippen molar-refractivity contribution < 1.29 is 14.1 Å². The summed E-state index contributed by atoms with van der Waals surface area (Å²) in [5, 5.41) is 3.82. The van der Waals surface area contributed by atoms with E-state index in [1.165, 1.54) is 5.56 Å². The Balaban J connectivity index is 1.36. The molecule has 2 aromatic heterocycles. The van der Waals surface area contributed by atoms with Crippen LogP contribution in [0.1, 0.15) is 27.6 Å². The third-order valence-corrected chi connectivity index (χ3v) is 4.86. The molecule has 4 rings (SSSR count). The zero-order valence-electron chi connectivity index (χ0n) is 16.3. The molecule has 0 N–H and O–H groups in total. The largest absolute Gasteiger partial charge is 0.485 e. The highest BCUT2D eigenvalue weighted by Gasteiger charge is 2.24. The van der Waals surface area contributed by atoms with Gasteiger partial charge in [-0.3, -0.25) is 14.7 Å². The second kappa shape index (κ2) is 8.83. The average molecular weight is 393 g/mol. The first-order chi connectivity index (χ1) is 14.2. The van der Waals surface area contributed by atoms with Crippen LogP contribution in [-0.4, -0.2) is 57.0 Å². The second-order valence-corrected chi connectivity index (χ2v) is 6.94. The third kappa shape index (κ3) is 4.78. The molecule has 0 radical (unpaired) electrons. The summed E-state index contributed by atoms with van der Waals surface area (Å²) in [7, 11) is 0. The molecule has 0 saturated carbocycles. The van der Waals surface area contributed by atoms with Crippen molar-refractivity contribution in [3.63, 3.8) is 0 Å². The van der Waals surface area contributed by atoms with Crippen LogP contribution in [0.3, 0.4) is 0 Å². The molecule has 1 saturated heterocycles. The summed E-state index contributed by atoms with van der Waals surface area (Å²) in [4.78, 5) is 25.5. The summed E-state index contributed by atoms with van der Waals surface area (Å²) in [5.41, 5.74) is 1.78. The molecule has 0 unspecified atom stereocenters. The maximum Gasteiger partial charge on any atom is 0.257 e. The van der Waals surface area contributed by atoms with Gasteiger partial charge in [0.2, 0.25) is 11.7 Å². The first kappa shape index (κ1) is 19.1. The van der Waals surface area contributed by atoms with E-state index in [-0.39, 0.29) is 12.5 Å². The second-order valence-electron chi connectivity index (χ2n) is 6.94. The van der Waals surface area contributed by atoms with Gasteiger partial charge in [0.05, 0.1) is 5.56 Å². The summed E-state index contributed by atoms with van der Waals surface area (Å²) < 4.78 is 10.8. The summed E-state index contributed by atoms with van der Waals surface area (Å²) in [6, 6.07) is 11.3. The Bertz CT molecular complexity index is 952. The Hall–Kier alpha value is -3.26. The number of benzene rings is 1. The monoisotopic (exact) mass is 393 g/mol. The number of hydrogen-bond donors (Lipinski definition) is 0. The number of para-hydroxylation sites is 1. The number of nitrogens with zero attached hydrogens (tertiary/aromatic N) is 5. The molecular weight excluding hydrogens is 370 g/mol. The van der Waals surface area contributed by atoms with Crippen LogP contribution in [0.25, 0.3) is 0 Å². The topological polar surface area (TPSA) is 84.6 Å². The van der Waals surface area contributed by atoms with Crippen LogP contribution < -0.4 is 4.74 Å². The molecular formula is C21H23N5O3. The molecule has 1 aliphatic heterocycles. The van der Waals surface area contributed by atoms with E-state index in [0.717, 1.165) is 19.6 Å². The van der Waals surface area contributed by atoms with Crippen LogP contribution in [0.4, 0.5) is 0 Å². The van der Waals surface area contributed by atoms with Crippen LogP contribution in [0.2, 0.25) is 0 Å². The van der Waals surface area contributed by atoms with Gasteiger partial charge in [0.1, 0.15) is 5.75 Å². The lowest BCUT2D eigenvalue weighted by Crippen LogP contribution is -2.48. The molecule has 29 heavy (non-hydrogen) atoms. The highest BCUT2D eigenvalue weighted by atomic mass is 16.5. The molecule has 150 valence electrons. The van der Waals surface area contributed by atoms with Gasteiger partial charge in [0, 0.05) is 52.0 Å². The van der Waals surface area contributed by atoms with Crippen LogP contribution >= 0.6 is 0 Å². The van der Waals surface area contributed by atoms with Crippen molar-refractivity contribution in [2.24, 2.45) is 0 Å². The number of ether oxygens (including phenoxy) is 1. The van der Waals surface area contributed by atoms with Gasteiger partial charge in [0.25, 0.3) is 5.91 Å². The number of carbonyl (C=O) groups excluding carboxylic acids is 1. The average Bonchev–Trinajstić information content (AvgIpc) is 3.18. The lowest BCUT2D eigenvalue weighted by molar-refractivity contribution is 0.0623. The van der Waals surface area contributed by atoms with Crippen molar-refractivity contribution in [2.75, 3.05) is 26.2 Å². The predicted molar refractivity (Wildman–Crippen MR) is 105 cm³/mol. The highest BCUT2D eigenvalue weighted by molar-refractivity contribution is 5.97. The van der Waals surface area contributed by atoms with Crippen LogP contribution in [-0.2, 0) is 13.2 Å². The van der Waals surface area contributed by atoms with Gasteiger partial charge in [-0.15, -0.1) is 0 Å². The quantitative estimate of drug-likeness (QED) is 0.635. The van der Waals surface area contributed by atoms with E-state index in [2.05, 4.69) is 20.0 Å². The van der Waals surface area contributed by atoms with Gasteiger partial charge in [0.15, 0.2) is 6.61 Å². The van der Waals surface area contributed by atoms with Crippen molar-refractivity contribution in [3.8, 4) is 5.75 Å². The Kier molecular flexibility index (Phi) is 5.81. The fourth-order valence-corrected chi connectivity index (χ4v) is 3.34. The fraction of sp³-hybridized carbons (Fsp3) is 0.333. The molecule has 3 heterocycles. The van der Waals surface area contributed by atoms with Gasteiger partial charge in [-0.2, -0.15) is 4.98 Å². The van der Waals surface area contributed by atoms with Crippen LogP contribution in [0.5, 0.6) is 5.75 Å². The molecule has 1 aliphatic rings. The van der Waals surface area contributed by atoms with E-state index in [9.17, 15) is 4.79 Å². The first-order valence-electron chi connectivity index (χ1n) is 9.60. The number of piperazine rings is 1. The van der Waals surface area contributed by atoms with E-state index >= 15 is 0 Å². The van der Waals surface area contributed by atoms with E-state index in [1.54, 1.807) is 19.1 Å². The lowest BCUT2D eigenvalue weighted by Gasteiger charge is -2.35. The number of carbonyl (C=O) groups is 1. The molecule has 0 aliphatic carbocycles. The molecule has 1 amide bonds. The molecule has 3 aromatic rings. The Morgan fingerprint density at radius 3 is 2.59 bits per heavy atom. The number of aryl methyl sites for hydroxylation is 1. The molecule has 0 bridgehead atoms. The minimum atomic E-state index is -0.0200. The summed E-state index contributed by atoms with van der Waals surface area (Å²) in [6.45, 7) is 5.78. The predicted octanol–water partition coefficient (Wildman–Crippen LogP) is 2.31. The SMILES string of the molecule is Cc1nc(COc2ccccc2C(=O)N2CCN(Cc3ccncc3)CC2)no1. The van der Waals surface area contributed by atoms with Gasteiger partial charge in [-0.05, 0) is 29.8 Å². The van der Waals surface area contributed by atoms with Crippen molar-refractivity contribution >= 4 is 5.91 Å². The number of amides is 1. The molecule has 1 fully saturated rings. The molecule has 1 aromatic carbocycles. The molecule has 8 heteroatoms. The van der Waals surface area contributed by atoms with Crippen molar-refractivity contribution in [3.05, 3.63) is 71.6 Å². The summed E-state index contributed by atoms with van der Waals surface area (Å²) in [5.74, 6) is 1.44. The Labute approximate surface area is 169 Å². The highest BCUT2D eigenvalue weighted by Crippen LogP contribution is 2.22. The standard InChI is InChI=1S/C21H23N5O3/c1-16-23-20(24-29-16)15-28-19-5-3-2-4-18(19)21(27)26-12-10-25(11-13-26)14-17-6-8-22-9-7-17/h2-9H,10-15H2,1H3. The summed E-state index contributed by atoms with van der Waals surface area (Å²) >= 11 is 0. The van der Waals surface area contributed by atoms with E-state index in [1.807, 2.05) is 41.6 Å². The minimum absolute atomic E-state index is 0.0200. The molecule has 0 atom stereocenters. The van der Waals surface area contributed by atoms with Crippen molar-refractivity contribution in [1.82, 2.24) is 24.9 Å². The normalized spacial score (nSPS) is 14.7. The number of hydrogen-bond acceptors (Lipinski definition) is 7. The van der Waals surface area contributed by atoms with Gasteiger partial charge >= 0.3 is 0 Å². The number of aromatic nitrogens is 3. The van der Waals surface area contributed by atoms with E-state index in [4.69, 9.17) is 9.26 Å². The zero-order chi connectivity index (χ0) is 20.1. The Morgan fingerprint density at radius 2 is 1.86 bits per heavy atom. The summed E-state index contributed by atoms with van der Waals surface area (Å²) in [6.07, 6.45) is 3.61. The smallest absolute Gasteiger partial charge is 0.257 e.